The van der Waals surface area contributed by atoms with Crippen LogP contribution in [0.1, 0.15) is 80.5 Å². The maximum absolute atomic E-state index is 13.2. The number of carbonyl (C=O) groups is 2. The van der Waals surface area contributed by atoms with E-state index in [1.807, 2.05) is 31.2 Å². The Balaban J connectivity index is 1.59. The number of halogens is 3. The van der Waals surface area contributed by atoms with Crippen LogP contribution in [0.3, 0.4) is 0 Å². The van der Waals surface area contributed by atoms with Crippen molar-refractivity contribution in [1.82, 2.24) is 9.36 Å². The Hall–Kier alpha value is -3.67. The molecule has 1 aliphatic rings. The van der Waals surface area contributed by atoms with Gasteiger partial charge in [0.25, 0.3) is 0 Å². The number of alkyl halides is 3. The minimum Gasteiger partial charge on any atom is -0.469 e. The molecular formula is C31H37F3N4O4S. The number of nitrogens with one attached hydrogen (secondary N) is 1. The molecule has 0 spiro atoms. The summed E-state index contributed by atoms with van der Waals surface area (Å²) in [6, 6.07) is 14.8. The molecule has 0 amide bonds. The zero-order valence-electron chi connectivity index (χ0n) is 24.7. The van der Waals surface area contributed by atoms with Crippen molar-refractivity contribution in [3.8, 4) is 0 Å². The van der Waals surface area contributed by atoms with Crippen LogP contribution in [0.4, 0.5) is 29.7 Å². The van der Waals surface area contributed by atoms with E-state index < -0.39 is 12.0 Å². The van der Waals surface area contributed by atoms with E-state index in [9.17, 15) is 22.8 Å². The number of benzene rings is 2. The van der Waals surface area contributed by atoms with E-state index in [-0.39, 0.29) is 47.5 Å². The molecule has 0 unspecified atom stereocenters. The average Bonchev–Trinajstić information content (AvgIpc) is 3.46. The van der Waals surface area contributed by atoms with Gasteiger partial charge >= 0.3 is 18.1 Å². The number of ether oxygens (including phenoxy) is 2. The van der Waals surface area contributed by atoms with Gasteiger partial charge in [0.2, 0.25) is 11.0 Å². The predicted octanol–water partition coefficient (Wildman–Crippen LogP) is 7.60. The Labute approximate surface area is 253 Å². The first-order valence-electron chi connectivity index (χ1n) is 14.4. The highest BCUT2D eigenvalue weighted by molar-refractivity contribution is 7.09. The summed E-state index contributed by atoms with van der Waals surface area (Å²) in [4.78, 5) is 30.5. The molecule has 0 saturated heterocycles. The maximum Gasteiger partial charge on any atom is 0.452 e. The Morgan fingerprint density at radius 3 is 2.37 bits per heavy atom. The Bertz CT molecular complexity index is 1370. The smallest absolute Gasteiger partial charge is 0.452 e. The predicted molar refractivity (Wildman–Crippen MR) is 160 cm³/mol. The van der Waals surface area contributed by atoms with Crippen LogP contribution in [0.25, 0.3) is 0 Å². The van der Waals surface area contributed by atoms with Gasteiger partial charge in [-0.1, -0.05) is 45.0 Å². The van der Waals surface area contributed by atoms with Crippen LogP contribution in [-0.2, 0) is 20.4 Å². The minimum atomic E-state index is -4.65. The summed E-state index contributed by atoms with van der Waals surface area (Å²) in [6.45, 7) is 6.82. The molecule has 0 radical (unpaired) electrons. The van der Waals surface area contributed by atoms with Crippen LogP contribution >= 0.6 is 11.5 Å². The lowest BCUT2D eigenvalue weighted by molar-refractivity contribution is -0.144. The second-order valence-corrected chi connectivity index (χ2v) is 12.0. The highest BCUT2D eigenvalue weighted by atomic mass is 32.1. The molecule has 0 aliphatic heterocycles. The molecular weight excluding hydrogens is 581 g/mol. The van der Waals surface area contributed by atoms with E-state index in [2.05, 4.69) is 33.4 Å². The maximum atomic E-state index is 13.2. The van der Waals surface area contributed by atoms with E-state index in [1.165, 1.54) is 7.11 Å². The molecule has 3 aromatic rings. The number of aromatic nitrogens is 2. The lowest BCUT2D eigenvalue weighted by Gasteiger charge is -2.40. The van der Waals surface area contributed by atoms with Crippen LogP contribution in [0.2, 0.25) is 0 Å². The fourth-order valence-corrected chi connectivity index (χ4v) is 5.87. The summed E-state index contributed by atoms with van der Waals surface area (Å²) >= 11 is 0.640. The van der Waals surface area contributed by atoms with Gasteiger partial charge in [-0.2, -0.15) is 22.5 Å². The van der Waals surface area contributed by atoms with Gasteiger partial charge in [-0.25, -0.2) is 4.79 Å². The molecule has 1 aliphatic carbocycles. The van der Waals surface area contributed by atoms with Crippen molar-refractivity contribution in [2.75, 3.05) is 23.9 Å². The molecule has 43 heavy (non-hydrogen) atoms. The van der Waals surface area contributed by atoms with Crippen LogP contribution in [-0.4, -0.2) is 47.1 Å². The fraction of sp³-hybridized carbons (Fsp3) is 0.484. The molecule has 1 heterocycles. The highest BCUT2D eigenvalue weighted by Gasteiger charge is 2.36. The molecule has 0 bridgehead atoms. The van der Waals surface area contributed by atoms with Crippen LogP contribution < -0.4 is 10.2 Å². The highest BCUT2D eigenvalue weighted by Crippen LogP contribution is 2.39. The first-order valence-corrected chi connectivity index (χ1v) is 15.1. The zero-order valence-corrected chi connectivity index (χ0v) is 25.5. The standard InChI is InChI=1S/C31H37F3N4O4S/c1-19(2)18-38(23-11-13-24(14-12-23)42-28(40)21-8-6-5-7-9-21)26-15-10-22(20(3)16-27(39)41-4)17-25(26)35-30-36-29(37-43-30)31(32,33)34/h5-10,15,17,19-20,23-24H,11-14,16,18H2,1-4H3,(H,35,36,37)/t20-,23-,24+/m1/s1. The lowest BCUT2D eigenvalue weighted by Crippen LogP contribution is -2.42. The van der Waals surface area contributed by atoms with Gasteiger partial charge in [0.05, 0.1) is 30.5 Å². The van der Waals surface area contributed by atoms with Crippen LogP contribution in [0.5, 0.6) is 0 Å². The van der Waals surface area contributed by atoms with Gasteiger partial charge in [-0.05, 0) is 67.3 Å². The van der Waals surface area contributed by atoms with E-state index in [4.69, 9.17) is 9.47 Å². The number of esters is 2. The SMILES string of the molecule is COC(=O)C[C@@H](C)c1ccc(N(CC(C)C)[C@H]2CC[C@@H](OC(=O)c3ccccc3)CC2)c(Nc2nc(C(F)(F)F)ns2)c1. The summed E-state index contributed by atoms with van der Waals surface area (Å²) in [5, 5.41) is 3.11. The van der Waals surface area contributed by atoms with Gasteiger partial charge in [0.15, 0.2) is 0 Å². The van der Waals surface area contributed by atoms with Crippen molar-refractivity contribution in [1.29, 1.82) is 0 Å². The van der Waals surface area contributed by atoms with Gasteiger partial charge in [0, 0.05) is 24.1 Å². The van der Waals surface area contributed by atoms with Crippen molar-refractivity contribution in [2.24, 2.45) is 5.92 Å². The first-order chi connectivity index (χ1) is 20.4. The number of rotatable bonds is 11. The third kappa shape index (κ3) is 8.68. The fourth-order valence-electron chi connectivity index (χ4n) is 5.27. The average molecular weight is 619 g/mol. The summed E-state index contributed by atoms with van der Waals surface area (Å²) in [5.41, 5.74) is 2.75. The van der Waals surface area contributed by atoms with Crippen molar-refractivity contribution < 1.29 is 32.2 Å². The Morgan fingerprint density at radius 2 is 1.77 bits per heavy atom. The normalized spacial score (nSPS) is 17.8. The Morgan fingerprint density at radius 1 is 1.07 bits per heavy atom. The van der Waals surface area contributed by atoms with E-state index >= 15 is 0 Å². The first kappa shape index (κ1) is 32.2. The van der Waals surface area contributed by atoms with E-state index in [0.717, 1.165) is 24.1 Å². The Kier molecular flexibility index (Phi) is 10.6. The third-order valence-electron chi connectivity index (χ3n) is 7.45. The molecule has 1 atom stereocenters. The van der Waals surface area contributed by atoms with Crippen molar-refractivity contribution in [2.45, 2.75) is 77.1 Å². The molecule has 1 N–H and O–H groups in total. The van der Waals surface area contributed by atoms with Crippen molar-refractivity contribution in [3.05, 3.63) is 65.5 Å². The van der Waals surface area contributed by atoms with Gasteiger partial charge in [-0.3, -0.25) is 4.79 Å². The number of carbonyl (C=O) groups excluding carboxylic acids is 2. The second kappa shape index (κ2) is 14.2. The third-order valence-corrected chi connectivity index (χ3v) is 8.08. The molecule has 12 heteroatoms. The summed E-state index contributed by atoms with van der Waals surface area (Å²) in [6.07, 6.45) is -1.74. The second-order valence-electron chi connectivity index (χ2n) is 11.3. The molecule has 232 valence electrons. The molecule has 4 rings (SSSR count). The van der Waals surface area contributed by atoms with Gasteiger partial charge in [-0.15, -0.1) is 0 Å². The van der Waals surface area contributed by atoms with E-state index in [1.54, 1.807) is 24.3 Å². The summed E-state index contributed by atoms with van der Waals surface area (Å²) < 4.78 is 53.8. The summed E-state index contributed by atoms with van der Waals surface area (Å²) in [7, 11) is 1.33. The van der Waals surface area contributed by atoms with Crippen LogP contribution in [0.15, 0.2) is 48.5 Å². The number of nitrogens with zero attached hydrogens (tertiary/aromatic N) is 3. The largest absolute Gasteiger partial charge is 0.469 e. The van der Waals surface area contributed by atoms with Crippen molar-refractivity contribution >= 4 is 40.0 Å². The molecule has 1 aromatic heterocycles. The van der Waals surface area contributed by atoms with Crippen LogP contribution in [0, 0.1) is 5.92 Å². The van der Waals surface area contributed by atoms with Gasteiger partial charge < -0.3 is 19.7 Å². The van der Waals surface area contributed by atoms with E-state index in [0.29, 0.717) is 42.2 Å². The number of hydrogen-bond acceptors (Lipinski definition) is 9. The molecule has 1 fully saturated rings. The molecule has 1 saturated carbocycles. The lowest BCUT2D eigenvalue weighted by atomic mass is 9.90. The minimum absolute atomic E-state index is 0.0207. The molecule has 8 nitrogen and oxygen atoms in total. The number of hydrogen-bond donors (Lipinski definition) is 1. The monoisotopic (exact) mass is 618 g/mol. The summed E-state index contributed by atoms with van der Waals surface area (Å²) in [5.74, 6) is -1.77. The topological polar surface area (TPSA) is 93.6 Å². The number of methoxy groups -OCH3 is 1. The van der Waals surface area contributed by atoms with Gasteiger partial charge in [0.1, 0.15) is 6.10 Å². The quantitative estimate of drug-likeness (QED) is 0.220. The molecule has 2 aromatic carbocycles. The number of anilines is 3. The zero-order chi connectivity index (χ0) is 31.1. The van der Waals surface area contributed by atoms with Crippen molar-refractivity contribution in [3.63, 3.8) is 0 Å².